The molecule has 1 rings (SSSR count). The molecule has 0 saturated heterocycles. The van der Waals surface area contributed by atoms with Gasteiger partial charge in [0, 0.05) is 6.54 Å². The highest BCUT2D eigenvalue weighted by molar-refractivity contribution is 9.10. The Hall–Kier alpha value is -1.12. The van der Waals surface area contributed by atoms with Gasteiger partial charge in [0.25, 0.3) is 0 Å². The molecule has 0 aliphatic carbocycles. The van der Waals surface area contributed by atoms with Crippen molar-refractivity contribution in [3.63, 3.8) is 0 Å². The number of benzene rings is 1. The van der Waals surface area contributed by atoms with Crippen LogP contribution in [0.2, 0.25) is 0 Å². The van der Waals surface area contributed by atoms with Crippen LogP contribution in [0.1, 0.15) is 12.5 Å². The van der Waals surface area contributed by atoms with Crippen LogP contribution in [0, 0.1) is 0 Å². The van der Waals surface area contributed by atoms with E-state index < -0.39 is 0 Å². The number of nitrogens with one attached hydrogen (secondary N) is 3. The van der Waals surface area contributed by atoms with Crippen molar-refractivity contribution < 1.29 is 4.74 Å². The fourth-order valence-electron chi connectivity index (χ4n) is 1.27. The molecule has 5 N–H and O–H groups in total. The van der Waals surface area contributed by atoms with E-state index in [1.165, 1.54) is 0 Å². The Morgan fingerprint density at radius 1 is 1.37 bits per heavy atom. The smallest absolute Gasteiger partial charge is 0.185 e. The van der Waals surface area contributed by atoms with Crippen LogP contribution in [0.25, 0.3) is 0 Å². The minimum atomic E-state index is 0.132. The molecule has 1 aromatic carbocycles. The average molecular weight is 363 g/mol. The summed E-state index contributed by atoms with van der Waals surface area (Å²) >= 11 is 13.1. The van der Waals surface area contributed by atoms with E-state index in [1.54, 1.807) is 0 Å². The molecule has 5 nitrogen and oxygen atoms in total. The lowest BCUT2D eigenvalue weighted by molar-refractivity contribution is 0.338. The van der Waals surface area contributed by atoms with Crippen molar-refractivity contribution >= 4 is 50.6 Å². The number of hydrazine groups is 1. The molecule has 0 spiro atoms. The van der Waals surface area contributed by atoms with Crippen LogP contribution in [0.4, 0.5) is 0 Å². The van der Waals surface area contributed by atoms with Crippen LogP contribution < -0.4 is 26.6 Å². The van der Waals surface area contributed by atoms with Gasteiger partial charge in [-0.15, -0.1) is 0 Å². The predicted octanol–water partition coefficient (Wildman–Crippen LogP) is 1.56. The normalized spacial score (nSPS) is 9.58. The zero-order chi connectivity index (χ0) is 14.3. The third kappa shape index (κ3) is 6.04. The van der Waals surface area contributed by atoms with Gasteiger partial charge < -0.3 is 15.8 Å². The third-order valence-corrected chi connectivity index (χ3v) is 3.02. The average Bonchev–Trinajstić information content (AvgIpc) is 2.37. The quantitative estimate of drug-likeness (QED) is 0.478. The van der Waals surface area contributed by atoms with Crippen molar-refractivity contribution in [1.82, 2.24) is 16.2 Å². The van der Waals surface area contributed by atoms with Gasteiger partial charge in [-0.2, -0.15) is 0 Å². The zero-order valence-corrected chi connectivity index (χ0v) is 13.5. The molecular weight excluding hydrogens is 348 g/mol. The first-order valence-corrected chi connectivity index (χ1v) is 7.14. The molecule has 0 bridgehead atoms. The molecule has 0 atom stereocenters. The Bertz CT molecular complexity index is 470. The van der Waals surface area contributed by atoms with Crippen LogP contribution in [0.15, 0.2) is 22.7 Å². The topological polar surface area (TPSA) is 71.3 Å². The van der Waals surface area contributed by atoms with E-state index in [2.05, 4.69) is 44.3 Å². The molecule has 0 unspecified atom stereocenters. The first-order valence-electron chi connectivity index (χ1n) is 5.53. The summed E-state index contributed by atoms with van der Waals surface area (Å²) in [7, 11) is 0. The highest BCUT2D eigenvalue weighted by atomic mass is 79.9. The Kier molecular flexibility index (Phi) is 6.82. The third-order valence-electron chi connectivity index (χ3n) is 2.05. The number of nitrogens with two attached hydrogens (primary N) is 1. The molecule has 0 saturated carbocycles. The maximum Gasteiger partial charge on any atom is 0.185 e. The molecule has 19 heavy (non-hydrogen) atoms. The largest absolute Gasteiger partial charge is 0.493 e. The summed E-state index contributed by atoms with van der Waals surface area (Å²) in [5.74, 6) is 0.821. The lowest BCUT2D eigenvalue weighted by Crippen LogP contribution is -2.48. The molecule has 0 fully saturated rings. The minimum Gasteiger partial charge on any atom is -0.493 e. The molecule has 0 amide bonds. The van der Waals surface area contributed by atoms with Crippen LogP contribution in [-0.4, -0.2) is 16.8 Å². The van der Waals surface area contributed by atoms with Crippen molar-refractivity contribution in [2.75, 3.05) is 6.61 Å². The van der Waals surface area contributed by atoms with Gasteiger partial charge in [-0.1, -0.05) is 6.07 Å². The molecule has 0 radical (unpaired) electrons. The van der Waals surface area contributed by atoms with Gasteiger partial charge in [-0.3, -0.25) is 10.9 Å². The predicted molar refractivity (Wildman–Crippen MR) is 87.8 cm³/mol. The van der Waals surface area contributed by atoms with E-state index in [9.17, 15) is 0 Å². The highest BCUT2D eigenvalue weighted by Gasteiger charge is 2.02. The summed E-state index contributed by atoms with van der Waals surface area (Å²) in [6.07, 6.45) is 0. The monoisotopic (exact) mass is 362 g/mol. The van der Waals surface area contributed by atoms with Gasteiger partial charge >= 0.3 is 0 Å². The van der Waals surface area contributed by atoms with Gasteiger partial charge in [0.05, 0.1) is 11.1 Å². The van der Waals surface area contributed by atoms with Crippen LogP contribution >= 0.6 is 40.4 Å². The van der Waals surface area contributed by atoms with E-state index in [0.717, 1.165) is 15.8 Å². The van der Waals surface area contributed by atoms with Crippen molar-refractivity contribution in [3.8, 4) is 5.75 Å². The summed E-state index contributed by atoms with van der Waals surface area (Å²) in [6.45, 7) is 3.16. The first kappa shape index (κ1) is 15.9. The molecule has 8 heteroatoms. The molecule has 0 aliphatic heterocycles. The van der Waals surface area contributed by atoms with Crippen LogP contribution in [0.3, 0.4) is 0 Å². The molecule has 104 valence electrons. The SMILES string of the molecule is CCOc1ccc(CNC(=S)NNC(N)=S)cc1Br. The maximum atomic E-state index is 5.44. The summed E-state index contributed by atoms with van der Waals surface area (Å²) in [5.41, 5.74) is 11.5. The number of thiocarbonyl (C=S) groups is 2. The summed E-state index contributed by atoms with van der Waals surface area (Å²) in [5, 5.41) is 3.56. The van der Waals surface area contributed by atoms with Crippen molar-refractivity contribution in [3.05, 3.63) is 28.2 Å². The second-order valence-corrected chi connectivity index (χ2v) is 5.20. The summed E-state index contributed by atoms with van der Waals surface area (Å²) in [4.78, 5) is 0. The van der Waals surface area contributed by atoms with E-state index in [4.69, 9.17) is 22.7 Å². The van der Waals surface area contributed by atoms with E-state index in [-0.39, 0.29) is 5.11 Å². The van der Waals surface area contributed by atoms with Crippen LogP contribution in [-0.2, 0) is 6.54 Å². The summed E-state index contributed by atoms with van der Waals surface area (Å²) < 4.78 is 6.35. The van der Waals surface area contributed by atoms with Gasteiger partial charge in [-0.25, -0.2) is 0 Å². The van der Waals surface area contributed by atoms with Gasteiger partial charge in [0.1, 0.15) is 5.75 Å². The fraction of sp³-hybridized carbons (Fsp3) is 0.273. The maximum absolute atomic E-state index is 5.44. The van der Waals surface area contributed by atoms with E-state index >= 15 is 0 Å². The molecule has 0 aliphatic rings. The van der Waals surface area contributed by atoms with Crippen molar-refractivity contribution in [2.24, 2.45) is 5.73 Å². The van der Waals surface area contributed by atoms with Crippen LogP contribution in [0.5, 0.6) is 5.75 Å². The number of halogens is 1. The lowest BCUT2D eigenvalue weighted by Gasteiger charge is -2.12. The van der Waals surface area contributed by atoms with E-state index in [1.807, 2.05) is 25.1 Å². The minimum absolute atomic E-state index is 0.132. The van der Waals surface area contributed by atoms with Gasteiger partial charge in [-0.05, 0) is 65.0 Å². The number of hydrogen-bond acceptors (Lipinski definition) is 3. The Morgan fingerprint density at radius 3 is 2.68 bits per heavy atom. The lowest BCUT2D eigenvalue weighted by atomic mass is 10.2. The van der Waals surface area contributed by atoms with Crippen molar-refractivity contribution in [2.45, 2.75) is 13.5 Å². The Balaban J connectivity index is 2.47. The Labute approximate surface area is 131 Å². The standard InChI is InChI=1S/C11H15BrN4OS2/c1-2-17-9-4-3-7(5-8(9)12)6-14-11(19)16-15-10(13)18/h3-5H,2,6H2,1H3,(H3,13,15,18)(H2,14,16,19). The first-order chi connectivity index (χ1) is 9.02. The van der Waals surface area contributed by atoms with Gasteiger partial charge in [0.15, 0.2) is 10.2 Å². The van der Waals surface area contributed by atoms with Gasteiger partial charge in [0.2, 0.25) is 0 Å². The molecule has 1 aromatic rings. The second-order valence-electron chi connectivity index (χ2n) is 3.49. The van der Waals surface area contributed by atoms with E-state index in [0.29, 0.717) is 18.3 Å². The number of ether oxygens (including phenoxy) is 1. The molecule has 0 heterocycles. The highest BCUT2D eigenvalue weighted by Crippen LogP contribution is 2.25. The van der Waals surface area contributed by atoms with Crippen molar-refractivity contribution in [1.29, 1.82) is 0 Å². The number of hydrogen-bond donors (Lipinski definition) is 4. The number of rotatable bonds is 4. The second kappa shape index (κ2) is 8.13. The Morgan fingerprint density at radius 2 is 2.11 bits per heavy atom. The molecule has 0 aromatic heterocycles. The summed E-state index contributed by atoms with van der Waals surface area (Å²) in [6, 6.07) is 5.85. The fourth-order valence-corrected chi connectivity index (χ4v) is 1.99. The zero-order valence-electron chi connectivity index (χ0n) is 10.3. The molecular formula is C11H15BrN4OS2.